The van der Waals surface area contributed by atoms with Crippen LogP contribution in [0.3, 0.4) is 0 Å². The van der Waals surface area contributed by atoms with Gasteiger partial charge in [0.2, 0.25) is 0 Å². The van der Waals surface area contributed by atoms with Crippen LogP contribution in [0.25, 0.3) is 0 Å². The molecule has 1 aromatic heterocycles. The van der Waals surface area contributed by atoms with E-state index in [4.69, 9.17) is 0 Å². The molecule has 0 aromatic carbocycles. The number of Topliss-reactive ketones (excluding diaryl/α,β-unsaturated/α-hetero) is 1. The maximum absolute atomic E-state index is 11.8. The number of aryl methyl sites for hydroxylation is 1. The standard InChI is InChI=1S/C12H17N3O3/c1-7(2)11-12(15(17)18)9(14(3)13-11)6-10(16)8-4-5-8/h7-8H,4-6H2,1-3H3. The molecule has 0 unspecified atom stereocenters. The van der Waals surface area contributed by atoms with E-state index in [1.807, 2.05) is 13.8 Å². The van der Waals surface area contributed by atoms with Crippen LogP contribution in [0.4, 0.5) is 5.69 Å². The van der Waals surface area contributed by atoms with Gasteiger partial charge in [0.15, 0.2) is 0 Å². The van der Waals surface area contributed by atoms with Gasteiger partial charge in [-0.15, -0.1) is 0 Å². The van der Waals surface area contributed by atoms with Crippen molar-refractivity contribution in [3.63, 3.8) is 0 Å². The van der Waals surface area contributed by atoms with Crippen LogP contribution in [0.1, 0.15) is 44.0 Å². The number of nitrogens with zero attached hydrogens (tertiary/aromatic N) is 3. The second-order valence-corrected chi connectivity index (χ2v) is 5.13. The number of aromatic nitrogens is 2. The zero-order valence-electron chi connectivity index (χ0n) is 10.8. The lowest BCUT2D eigenvalue weighted by molar-refractivity contribution is -0.386. The van der Waals surface area contributed by atoms with Crippen LogP contribution in [0.15, 0.2) is 0 Å². The van der Waals surface area contributed by atoms with Crippen molar-refractivity contribution < 1.29 is 9.72 Å². The number of ketones is 1. The number of rotatable bonds is 5. The summed E-state index contributed by atoms with van der Waals surface area (Å²) < 4.78 is 1.48. The van der Waals surface area contributed by atoms with Crippen LogP contribution in [0.2, 0.25) is 0 Å². The van der Waals surface area contributed by atoms with Crippen molar-refractivity contribution >= 4 is 11.5 Å². The third-order valence-corrected chi connectivity index (χ3v) is 3.27. The summed E-state index contributed by atoms with van der Waals surface area (Å²) in [6.07, 6.45) is 1.96. The summed E-state index contributed by atoms with van der Waals surface area (Å²) in [7, 11) is 1.66. The number of carbonyl (C=O) groups is 1. The minimum absolute atomic E-state index is 0.0153. The SMILES string of the molecule is CC(C)c1nn(C)c(CC(=O)C2CC2)c1[N+](=O)[O-]. The Balaban J connectivity index is 2.38. The minimum Gasteiger partial charge on any atom is -0.299 e. The molecule has 1 aliphatic carbocycles. The van der Waals surface area contributed by atoms with E-state index in [-0.39, 0.29) is 29.7 Å². The van der Waals surface area contributed by atoms with Crippen LogP contribution in [0, 0.1) is 16.0 Å². The largest absolute Gasteiger partial charge is 0.314 e. The summed E-state index contributed by atoms with van der Waals surface area (Å²) in [5, 5.41) is 15.4. The molecule has 0 aliphatic heterocycles. The molecule has 6 heteroatoms. The average molecular weight is 251 g/mol. The van der Waals surface area contributed by atoms with Gasteiger partial charge >= 0.3 is 5.69 Å². The smallest absolute Gasteiger partial charge is 0.299 e. The summed E-state index contributed by atoms with van der Waals surface area (Å²) in [5.41, 5.74) is 0.906. The Morgan fingerprint density at radius 1 is 1.56 bits per heavy atom. The monoisotopic (exact) mass is 251 g/mol. The number of hydrogen-bond acceptors (Lipinski definition) is 4. The molecule has 18 heavy (non-hydrogen) atoms. The summed E-state index contributed by atoms with van der Waals surface area (Å²) in [5.74, 6) is 0.180. The normalized spacial score (nSPS) is 15.1. The molecule has 0 spiro atoms. The molecule has 1 heterocycles. The number of carbonyl (C=O) groups excluding carboxylic acids is 1. The third kappa shape index (κ3) is 2.27. The molecule has 0 amide bonds. The van der Waals surface area contributed by atoms with Crippen molar-refractivity contribution in [2.45, 2.75) is 39.0 Å². The molecule has 98 valence electrons. The lowest BCUT2D eigenvalue weighted by atomic mass is 10.1. The van der Waals surface area contributed by atoms with Crippen molar-refractivity contribution in [2.24, 2.45) is 13.0 Å². The van der Waals surface area contributed by atoms with Crippen molar-refractivity contribution in [1.29, 1.82) is 0 Å². The molecular weight excluding hydrogens is 234 g/mol. The highest BCUT2D eigenvalue weighted by Crippen LogP contribution is 2.34. The second-order valence-electron chi connectivity index (χ2n) is 5.13. The van der Waals surface area contributed by atoms with Crippen LogP contribution < -0.4 is 0 Å². The maximum Gasteiger partial charge on any atom is 0.314 e. The van der Waals surface area contributed by atoms with Gasteiger partial charge < -0.3 is 0 Å². The highest BCUT2D eigenvalue weighted by atomic mass is 16.6. The van der Waals surface area contributed by atoms with E-state index in [2.05, 4.69) is 5.10 Å². The number of hydrogen-bond donors (Lipinski definition) is 0. The first-order valence-electron chi connectivity index (χ1n) is 6.14. The first-order chi connectivity index (χ1) is 8.41. The summed E-state index contributed by atoms with van der Waals surface area (Å²) >= 11 is 0. The summed E-state index contributed by atoms with van der Waals surface area (Å²) in [6.45, 7) is 3.73. The van der Waals surface area contributed by atoms with E-state index in [0.29, 0.717) is 11.4 Å². The second kappa shape index (κ2) is 4.51. The van der Waals surface area contributed by atoms with Crippen molar-refractivity contribution in [2.75, 3.05) is 0 Å². The molecule has 1 aromatic rings. The maximum atomic E-state index is 11.8. The molecule has 0 bridgehead atoms. The molecule has 0 N–H and O–H groups in total. The molecular formula is C12H17N3O3. The van der Waals surface area contributed by atoms with Gasteiger partial charge in [-0.1, -0.05) is 13.8 Å². The Hall–Kier alpha value is -1.72. The fourth-order valence-corrected chi connectivity index (χ4v) is 2.07. The molecule has 2 rings (SSSR count). The minimum atomic E-state index is -0.419. The van der Waals surface area contributed by atoms with Gasteiger partial charge in [0.1, 0.15) is 17.2 Å². The molecule has 0 atom stereocenters. The van der Waals surface area contributed by atoms with Gasteiger partial charge in [-0.3, -0.25) is 19.6 Å². The van der Waals surface area contributed by atoms with E-state index < -0.39 is 4.92 Å². The van der Waals surface area contributed by atoms with Gasteiger partial charge in [-0.2, -0.15) is 5.10 Å². The van der Waals surface area contributed by atoms with E-state index in [9.17, 15) is 14.9 Å². The van der Waals surface area contributed by atoms with E-state index in [1.165, 1.54) is 4.68 Å². The van der Waals surface area contributed by atoms with Gasteiger partial charge in [0, 0.05) is 18.9 Å². The van der Waals surface area contributed by atoms with E-state index in [0.717, 1.165) is 12.8 Å². The summed E-state index contributed by atoms with van der Waals surface area (Å²) in [4.78, 5) is 22.6. The quantitative estimate of drug-likeness (QED) is 0.592. The van der Waals surface area contributed by atoms with Crippen molar-refractivity contribution in [3.05, 3.63) is 21.5 Å². The average Bonchev–Trinajstić information content (AvgIpc) is 3.05. The van der Waals surface area contributed by atoms with Crippen molar-refractivity contribution in [1.82, 2.24) is 9.78 Å². The number of nitro groups is 1. The zero-order chi connectivity index (χ0) is 13.4. The van der Waals surface area contributed by atoms with Gasteiger partial charge in [0.25, 0.3) is 0 Å². The van der Waals surface area contributed by atoms with Crippen molar-refractivity contribution in [3.8, 4) is 0 Å². The highest BCUT2D eigenvalue weighted by Gasteiger charge is 2.34. The van der Waals surface area contributed by atoms with Gasteiger partial charge in [-0.25, -0.2) is 0 Å². The molecule has 0 radical (unpaired) electrons. The molecule has 1 aliphatic rings. The van der Waals surface area contributed by atoms with Crippen LogP contribution in [-0.4, -0.2) is 20.5 Å². The molecule has 0 saturated heterocycles. The fourth-order valence-electron chi connectivity index (χ4n) is 2.07. The van der Waals surface area contributed by atoms with Crippen LogP contribution in [-0.2, 0) is 18.3 Å². The van der Waals surface area contributed by atoms with Crippen LogP contribution in [0.5, 0.6) is 0 Å². The zero-order valence-corrected chi connectivity index (χ0v) is 10.8. The molecule has 6 nitrogen and oxygen atoms in total. The van der Waals surface area contributed by atoms with Gasteiger partial charge in [-0.05, 0) is 12.8 Å². The van der Waals surface area contributed by atoms with E-state index >= 15 is 0 Å². The topological polar surface area (TPSA) is 78.0 Å². The first-order valence-corrected chi connectivity index (χ1v) is 6.14. The predicted octanol–water partition coefficient (Wildman–Crippen LogP) is 1.97. The Morgan fingerprint density at radius 2 is 2.17 bits per heavy atom. The van der Waals surface area contributed by atoms with E-state index in [1.54, 1.807) is 7.05 Å². The third-order valence-electron chi connectivity index (χ3n) is 3.27. The molecule has 1 saturated carbocycles. The lowest BCUT2D eigenvalue weighted by Gasteiger charge is -2.00. The van der Waals surface area contributed by atoms with Gasteiger partial charge in [0.05, 0.1) is 11.3 Å². The Kier molecular flexibility index (Phi) is 3.19. The predicted molar refractivity (Wildman–Crippen MR) is 65.4 cm³/mol. The molecule has 1 fully saturated rings. The Labute approximate surface area is 105 Å². The lowest BCUT2D eigenvalue weighted by Crippen LogP contribution is -2.10. The Morgan fingerprint density at radius 3 is 2.61 bits per heavy atom. The highest BCUT2D eigenvalue weighted by molar-refractivity contribution is 5.85. The summed E-state index contributed by atoms with van der Waals surface area (Å²) in [6, 6.07) is 0. The van der Waals surface area contributed by atoms with Crippen LogP contribution >= 0.6 is 0 Å². The fraction of sp³-hybridized carbons (Fsp3) is 0.667. The Bertz CT molecular complexity index is 501. The first kappa shape index (κ1) is 12.7.